The molecule has 0 radical (unpaired) electrons. The Morgan fingerprint density at radius 2 is 1.67 bits per heavy atom. The molecule has 146 valence electrons. The van der Waals surface area contributed by atoms with Crippen LogP contribution in [-0.4, -0.2) is 34.1 Å². The van der Waals surface area contributed by atoms with Gasteiger partial charge < -0.3 is 10.1 Å². The van der Waals surface area contributed by atoms with E-state index in [2.05, 4.69) is 10.0 Å². The molecule has 27 heavy (non-hydrogen) atoms. The van der Waals surface area contributed by atoms with E-state index in [1.807, 2.05) is 0 Å². The minimum Gasteiger partial charge on any atom is -0.383 e. The first-order chi connectivity index (χ1) is 12.7. The number of rotatable bonds is 8. The molecule has 2 aromatic rings. The topological polar surface area (TPSA) is 84.5 Å². The van der Waals surface area contributed by atoms with Gasteiger partial charge in [0.1, 0.15) is 5.82 Å². The van der Waals surface area contributed by atoms with Gasteiger partial charge in [-0.15, -0.1) is 0 Å². The third-order valence-corrected chi connectivity index (χ3v) is 5.52. The molecule has 0 unspecified atom stereocenters. The number of benzene rings is 2. The molecule has 2 aromatic carbocycles. The molecule has 2 N–H and O–H groups in total. The van der Waals surface area contributed by atoms with Crippen molar-refractivity contribution in [3.63, 3.8) is 0 Å². The highest BCUT2D eigenvalue weighted by molar-refractivity contribution is 7.89. The van der Waals surface area contributed by atoms with Crippen LogP contribution in [0.2, 0.25) is 0 Å². The van der Waals surface area contributed by atoms with E-state index in [1.165, 1.54) is 43.5 Å². The Hall–Kier alpha value is -2.29. The standard InChI is InChI=1S/C19H23FN2O4S/c1-13(12-26-3)22-27(24,25)18-10-6-16(7-11-18)19(23)21-14(2)15-4-8-17(20)9-5-15/h4-11,13-14,22H,12H2,1-3H3,(H,21,23)/t13-,14-/m0/s1. The van der Waals surface area contributed by atoms with Crippen molar-refractivity contribution in [1.82, 2.24) is 10.0 Å². The quantitative estimate of drug-likeness (QED) is 0.721. The lowest BCUT2D eigenvalue weighted by Crippen LogP contribution is -2.35. The molecule has 0 spiro atoms. The van der Waals surface area contributed by atoms with E-state index in [0.29, 0.717) is 5.56 Å². The number of hydrogen-bond acceptors (Lipinski definition) is 4. The van der Waals surface area contributed by atoms with Crippen molar-refractivity contribution < 1.29 is 22.3 Å². The molecule has 0 aliphatic carbocycles. The Labute approximate surface area is 158 Å². The molecule has 2 rings (SSSR count). The average Bonchev–Trinajstić information content (AvgIpc) is 2.62. The zero-order valence-corrected chi connectivity index (χ0v) is 16.2. The van der Waals surface area contributed by atoms with E-state index >= 15 is 0 Å². The summed E-state index contributed by atoms with van der Waals surface area (Å²) in [4.78, 5) is 12.4. The van der Waals surface area contributed by atoms with Crippen LogP contribution in [-0.2, 0) is 14.8 Å². The van der Waals surface area contributed by atoms with Gasteiger partial charge in [0.05, 0.1) is 17.5 Å². The Kier molecular flexibility index (Phi) is 7.06. The van der Waals surface area contributed by atoms with Crippen molar-refractivity contribution in [3.05, 3.63) is 65.5 Å². The van der Waals surface area contributed by atoms with Crippen LogP contribution < -0.4 is 10.0 Å². The summed E-state index contributed by atoms with van der Waals surface area (Å²) in [7, 11) is -2.20. The Bertz CT molecular complexity index is 868. The second-order valence-corrected chi connectivity index (χ2v) is 7.96. The second kappa shape index (κ2) is 9.07. The van der Waals surface area contributed by atoms with E-state index in [1.54, 1.807) is 26.0 Å². The monoisotopic (exact) mass is 394 g/mol. The second-order valence-electron chi connectivity index (χ2n) is 6.25. The van der Waals surface area contributed by atoms with Crippen molar-refractivity contribution in [2.75, 3.05) is 13.7 Å². The SMILES string of the molecule is COC[C@H](C)NS(=O)(=O)c1ccc(C(=O)N[C@@H](C)c2ccc(F)cc2)cc1. The van der Waals surface area contributed by atoms with Gasteiger partial charge in [-0.05, 0) is 55.8 Å². The van der Waals surface area contributed by atoms with Crippen LogP contribution in [0, 0.1) is 5.82 Å². The van der Waals surface area contributed by atoms with Gasteiger partial charge in [0.25, 0.3) is 5.91 Å². The zero-order chi connectivity index (χ0) is 20.0. The minimum atomic E-state index is -3.69. The van der Waals surface area contributed by atoms with E-state index in [9.17, 15) is 17.6 Å². The van der Waals surface area contributed by atoms with Gasteiger partial charge in [-0.2, -0.15) is 0 Å². The summed E-state index contributed by atoms with van der Waals surface area (Å²) in [6.45, 7) is 3.73. The Balaban J connectivity index is 2.05. The van der Waals surface area contributed by atoms with Gasteiger partial charge in [-0.25, -0.2) is 17.5 Å². The first kappa shape index (κ1) is 21.0. The molecule has 0 saturated heterocycles. The van der Waals surface area contributed by atoms with Crippen molar-refractivity contribution >= 4 is 15.9 Å². The minimum absolute atomic E-state index is 0.0635. The molecule has 1 amide bonds. The van der Waals surface area contributed by atoms with Crippen molar-refractivity contribution in [2.24, 2.45) is 0 Å². The number of hydrogen-bond donors (Lipinski definition) is 2. The predicted molar refractivity (Wildman–Crippen MR) is 100 cm³/mol. The summed E-state index contributed by atoms with van der Waals surface area (Å²) < 4.78 is 45.0. The summed E-state index contributed by atoms with van der Waals surface area (Å²) in [5.74, 6) is -0.695. The molecule has 0 bridgehead atoms. The lowest BCUT2D eigenvalue weighted by Gasteiger charge is -2.15. The maximum absolute atomic E-state index is 13.0. The fourth-order valence-electron chi connectivity index (χ4n) is 2.52. The normalized spacial score (nSPS) is 13.8. The summed E-state index contributed by atoms with van der Waals surface area (Å²) in [6.07, 6.45) is 0. The van der Waals surface area contributed by atoms with E-state index < -0.39 is 10.0 Å². The van der Waals surface area contributed by atoms with Gasteiger partial charge >= 0.3 is 0 Å². The number of sulfonamides is 1. The molecule has 0 aliphatic rings. The molecular weight excluding hydrogens is 371 g/mol. The lowest BCUT2D eigenvalue weighted by molar-refractivity contribution is 0.0940. The zero-order valence-electron chi connectivity index (χ0n) is 15.4. The van der Waals surface area contributed by atoms with Crippen LogP contribution >= 0.6 is 0 Å². The number of nitrogens with one attached hydrogen (secondary N) is 2. The van der Waals surface area contributed by atoms with Crippen LogP contribution in [0.4, 0.5) is 4.39 Å². The third kappa shape index (κ3) is 5.85. The van der Waals surface area contributed by atoms with Crippen LogP contribution in [0.5, 0.6) is 0 Å². The van der Waals surface area contributed by atoms with Crippen LogP contribution in [0.25, 0.3) is 0 Å². The van der Waals surface area contributed by atoms with E-state index in [0.717, 1.165) is 5.56 Å². The molecule has 8 heteroatoms. The highest BCUT2D eigenvalue weighted by atomic mass is 32.2. The number of carbonyl (C=O) groups is 1. The average molecular weight is 394 g/mol. The lowest BCUT2D eigenvalue weighted by atomic mass is 10.1. The predicted octanol–water partition coefficient (Wildman–Crippen LogP) is 2.63. The van der Waals surface area contributed by atoms with Crippen molar-refractivity contribution in [3.8, 4) is 0 Å². The van der Waals surface area contributed by atoms with Gasteiger partial charge in [0.15, 0.2) is 0 Å². The fourth-order valence-corrected chi connectivity index (χ4v) is 3.75. The van der Waals surface area contributed by atoms with Crippen LogP contribution in [0.1, 0.15) is 35.8 Å². The summed E-state index contributed by atoms with van der Waals surface area (Å²) in [5, 5.41) is 2.80. The summed E-state index contributed by atoms with van der Waals surface area (Å²) >= 11 is 0. The molecule has 0 heterocycles. The molecule has 0 saturated carbocycles. The largest absolute Gasteiger partial charge is 0.383 e. The summed E-state index contributed by atoms with van der Waals surface area (Å²) in [5.41, 5.74) is 1.09. The fraction of sp³-hybridized carbons (Fsp3) is 0.316. The Morgan fingerprint density at radius 1 is 1.07 bits per heavy atom. The molecular formula is C19H23FN2O4S. The molecule has 0 fully saturated rings. The van der Waals surface area contributed by atoms with Gasteiger partial charge in [0, 0.05) is 18.7 Å². The maximum Gasteiger partial charge on any atom is 0.251 e. The number of amides is 1. The molecule has 0 aliphatic heterocycles. The van der Waals surface area contributed by atoms with Gasteiger partial charge in [-0.3, -0.25) is 4.79 Å². The van der Waals surface area contributed by atoms with Crippen LogP contribution in [0.3, 0.4) is 0 Å². The maximum atomic E-state index is 13.0. The number of halogens is 1. The van der Waals surface area contributed by atoms with E-state index in [4.69, 9.17) is 4.74 Å². The van der Waals surface area contributed by atoms with Crippen molar-refractivity contribution in [1.29, 1.82) is 0 Å². The number of ether oxygens (including phenoxy) is 1. The number of methoxy groups -OCH3 is 1. The van der Waals surface area contributed by atoms with Crippen LogP contribution in [0.15, 0.2) is 53.4 Å². The first-order valence-electron chi connectivity index (χ1n) is 8.40. The highest BCUT2D eigenvalue weighted by Gasteiger charge is 2.18. The van der Waals surface area contributed by atoms with Crippen molar-refractivity contribution in [2.45, 2.75) is 30.8 Å². The molecule has 6 nitrogen and oxygen atoms in total. The Morgan fingerprint density at radius 3 is 2.22 bits per heavy atom. The third-order valence-electron chi connectivity index (χ3n) is 3.92. The smallest absolute Gasteiger partial charge is 0.251 e. The van der Waals surface area contributed by atoms with Gasteiger partial charge in [-0.1, -0.05) is 12.1 Å². The molecule has 0 aromatic heterocycles. The highest BCUT2D eigenvalue weighted by Crippen LogP contribution is 2.15. The number of carbonyl (C=O) groups excluding carboxylic acids is 1. The summed E-state index contributed by atoms with van der Waals surface area (Å²) in [6, 6.07) is 10.8. The first-order valence-corrected chi connectivity index (χ1v) is 9.89. The van der Waals surface area contributed by atoms with Gasteiger partial charge in [0.2, 0.25) is 10.0 Å². The van der Waals surface area contributed by atoms with E-state index in [-0.39, 0.29) is 35.3 Å². The molecule has 2 atom stereocenters.